The highest BCUT2D eigenvalue weighted by Gasteiger charge is 2.57. The summed E-state index contributed by atoms with van der Waals surface area (Å²) < 4.78 is 12.5. The van der Waals surface area contributed by atoms with Gasteiger partial charge in [0.05, 0.1) is 21.7 Å². The van der Waals surface area contributed by atoms with Crippen LogP contribution in [-0.2, 0) is 10.8 Å². The zero-order chi connectivity index (χ0) is 12.8. The molecule has 4 atom stereocenters. The predicted octanol–water partition coefficient (Wildman–Crippen LogP) is 2.80. The lowest BCUT2D eigenvalue weighted by molar-refractivity contribution is -0.113. The smallest absolute Gasteiger partial charge is 0.0822 e. The van der Waals surface area contributed by atoms with Gasteiger partial charge < -0.3 is 5.11 Å². The molecule has 2 saturated carbocycles. The molecular formula is C15H20O2S. The van der Waals surface area contributed by atoms with Crippen LogP contribution in [0.1, 0.15) is 37.7 Å². The van der Waals surface area contributed by atoms with Crippen molar-refractivity contribution in [2.45, 2.75) is 54.8 Å². The molecule has 2 aliphatic carbocycles. The van der Waals surface area contributed by atoms with Crippen molar-refractivity contribution in [2.75, 3.05) is 0 Å². The van der Waals surface area contributed by atoms with E-state index in [-0.39, 0.29) is 5.25 Å². The quantitative estimate of drug-likeness (QED) is 0.892. The van der Waals surface area contributed by atoms with Gasteiger partial charge >= 0.3 is 0 Å². The zero-order valence-electron chi connectivity index (χ0n) is 10.8. The summed E-state index contributed by atoms with van der Waals surface area (Å²) >= 11 is 0. The van der Waals surface area contributed by atoms with E-state index < -0.39 is 16.4 Å². The summed E-state index contributed by atoms with van der Waals surface area (Å²) in [7, 11) is -1.06. The van der Waals surface area contributed by atoms with Crippen molar-refractivity contribution < 1.29 is 9.32 Å². The van der Waals surface area contributed by atoms with Crippen LogP contribution < -0.4 is 0 Å². The summed E-state index contributed by atoms with van der Waals surface area (Å²) in [5.74, 6) is 0.394. The highest BCUT2D eigenvalue weighted by Crippen LogP contribution is 2.51. The molecule has 0 aromatic heterocycles. The van der Waals surface area contributed by atoms with Gasteiger partial charge in [0, 0.05) is 4.90 Å². The van der Waals surface area contributed by atoms with Crippen LogP contribution >= 0.6 is 0 Å². The first kappa shape index (κ1) is 12.4. The number of hydrogen-bond acceptors (Lipinski definition) is 2. The average molecular weight is 264 g/mol. The van der Waals surface area contributed by atoms with Crippen molar-refractivity contribution in [1.29, 1.82) is 0 Å². The van der Waals surface area contributed by atoms with Crippen molar-refractivity contribution in [3.05, 3.63) is 29.8 Å². The maximum absolute atomic E-state index is 12.5. The lowest BCUT2D eigenvalue weighted by Crippen LogP contribution is -2.62. The fourth-order valence-electron chi connectivity index (χ4n) is 3.41. The Balaban J connectivity index is 1.80. The number of aliphatic hydroxyl groups is 1. The molecule has 2 nitrogen and oxygen atoms in total. The van der Waals surface area contributed by atoms with E-state index in [0.717, 1.165) is 30.6 Å². The second-order valence-corrected chi connectivity index (χ2v) is 7.40. The molecule has 18 heavy (non-hydrogen) atoms. The Hall–Kier alpha value is -0.670. The van der Waals surface area contributed by atoms with Gasteiger partial charge in [-0.25, -0.2) is 0 Å². The molecule has 1 unspecified atom stereocenters. The van der Waals surface area contributed by atoms with E-state index in [1.807, 2.05) is 31.2 Å². The Kier molecular flexibility index (Phi) is 3.07. The molecule has 0 bridgehead atoms. The Morgan fingerprint density at radius 3 is 2.67 bits per heavy atom. The summed E-state index contributed by atoms with van der Waals surface area (Å²) in [5.41, 5.74) is 0.534. The first-order valence-corrected chi connectivity index (χ1v) is 8.02. The van der Waals surface area contributed by atoms with Gasteiger partial charge in [-0.2, -0.15) is 0 Å². The number of fused-ring (bicyclic) bond motifs is 1. The monoisotopic (exact) mass is 264 g/mol. The molecule has 0 amide bonds. The van der Waals surface area contributed by atoms with Crippen LogP contribution in [0.4, 0.5) is 0 Å². The van der Waals surface area contributed by atoms with Gasteiger partial charge in [0.25, 0.3) is 0 Å². The summed E-state index contributed by atoms with van der Waals surface area (Å²) in [6.45, 7) is 2.03. The first-order chi connectivity index (χ1) is 8.61. The molecule has 1 N–H and O–H groups in total. The molecule has 2 fully saturated rings. The largest absolute Gasteiger partial charge is 0.388 e. The molecule has 0 radical (unpaired) electrons. The molecule has 0 spiro atoms. The SMILES string of the molecule is Cc1ccc(S(=O)[C@H]2C[C@@H]3CCCC[C@@]32O)cc1. The third-order valence-corrected chi connectivity index (χ3v) is 6.51. The van der Waals surface area contributed by atoms with E-state index >= 15 is 0 Å². The van der Waals surface area contributed by atoms with E-state index in [4.69, 9.17) is 0 Å². The summed E-state index contributed by atoms with van der Waals surface area (Å²) in [6, 6.07) is 7.86. The third kappa shape index (κ3) is 1.84. The summed E-state index contributed by atoms with van der Waals surface area (Å²) in [6.07, 6.45) is 5.17. The molecule has 1 aromatic rings. The molecular weight excluding hydrogens is 244 g/mol. The normalized spacial score (nSPS) is 36.6. The van der Waals surface area contributed by atoms with Gasteiger partial charge in [-0.05, 0) is 44.2 Å². The Morgan fingerprint density at radius 1 is 1.28 bits per heavy atom. The number of rotatable bonds is 2. The van der Waals surface area contributed by atoms with E-state index in [0.29, 0.717) is 5.92 Å². The van der Waals surface area contributed by atoms with E-state index in [1.165, 1.54) is 12.0 Å². The fraction of sp³-hybridized carbons (Fsp3) is 0.600. The first-order valence-electron chi connectivity index (χ1n) is 6.81. The topological polar surface area (TPSA) is 37.3 Å². The van der Waals surface area contributed by atoms with Crippen LogP contribution in [-0.4, -0.2) is 20.2 Å². The zero-order valence-corrected chi connectivity index (χ0v) is 11.6. The van der Waals surface area contributed by atoms with Gasteiger partial charge in [0.15, 0.2) is 0 Å². The maximum atomic E-state index is 12.5. The Labute approximate surface area is 111 Å². The maximum Gasteiger partial charge on any atom is 0.0822 e. The van der Waals surface area contributed by atoms with Crippen LogP contribution in [0, 0.1) is 12.8 Å². The standard InChI is InChI=1S/C15H20O2S/c1-11-5-7-13(8-6-11)18(17)14-10-12-4-2-3-9-15(12,14)16/h5-8,12,14,16H,2-4,9-10H2,1H3/t12-,14-,15+,18?/m0/s1. The highest BCUT2D eigenvalue weighted by atomic mass is 32.2. The lowest BCUT2D eigenvalue weighted by atomic mass is 9.61. The molecule has 3 rings (SSSR count). The highest BCUT2D eigenvalue weighted by molar-refractivity contribution is 7.85. The van der Waals surface area contributed by atoms with E-state index in [1.54, 1.807) is 0 Å². The number of benzene rings is 1. The number of aryl methyl sites for hydroxylation is 1. The fourth-order valence-corrected chi connectivity index (χ4v) is 5.23. The van der Waals surface area contributed by atoms with Crippen molar-refractivity contribution in [3.63, 3.8) is 0 Å². The average Bonchev–Trinajstić information content (AvgIpc) is 2.35. The van der Waals surface area contributed by atoms with Crippen molar-refractivity contribution in [1.82, 2.24) is 0 Å². The molecule has 1 aromatic carbocycles. The van der Waals surface area contributed by atoms with Crippen LogP contribution in [0.3, 0.4) is 0 Å². The molecule has 0 saturated heterocycles. The molecule has 98 valence electrons. The van der Waals surface area contributed by atoms with Crippen LogP contribution in [0.15, 0.2) is 29.2 Å². The second kappa shape index (κ2) is 4.46. The van der Waals surface area contributed by atoms with Gasteiger partial charge in [-0.1, -0.05) is 30.5 Å². The molecule has 0 aliphatic heterocycles. The van der Waals surface area contributed by atoms with Gasteiger partial charge in [-0.15, -0.1) is 0 Å². The lowest BCUT2D eigenvalue weighted by Gasteiger charge is -2.54. The minimum absolute atomic E-state index is 0.0505. The van der Waals surface area contributed by atoms with Crippen molar-refractivity contribution in [2.24, 2.45) is 5.92 Å². The predicted molar refractivity (Wildman–Crippen MR) is 72.9 cm³/mol. The summed E-state index contributed by atoms with van der Waals surface area (Å²) in [5, 5.41) is 10.6. The van der Waals surface area contributed by atoms with Crippen LogP contribution in [0.5, 0.6) is 0 Å². The van der Waals surface area contributed by atoms with E-state index in [2.05, 4.69) is 0 Å². The second-order valence-electron chi connectivity index (χ2n) is 5.77. The van der Waals surface area contributed by atoms with Gasteiger partial charge in [-0.3, -0.25) is 4.21 Å². The van der Waals surface area contributed by atoms with Crippen LogP contribution in [0.25, 0.3) is 0 Å². The Morgan fingerprint density at radius 2 is 2.00 bits per heavy atom. The van der Waals surface area contributed by atoms with Crippen molar-refractivity contribution in [3.8, 4) is 0 Å². The molecule has 2 aliphatic rings. The van der Waals surface area contributed by atoms with Crippen molar-refractivity contribution >= 4 is 10.8 Å². The minimum atomic E-state index is -1.06. The Bertz CT molecular complexity index is 468. The number of hydrogen-bond donors (Lipinski definition) is 1. The summed E-state index contributed by atoms with van der Waals surface area (Å²) in [4.78, 5) is 0.864. The van der Waals surface area contributed by atoms with E-state index in [9.17, 15) is 9.32 Å². The molecule has 0 heterocycles. The molecule has 3 heteroatoms. The minimum Gasteiger partial charge on any atom is -0.388 e. The third-order valence-electron chi connectivity index (χ3n) is 4.65. The van der Waals surface area contributed by atoms with Crippen LogP contribution in [0.2, 0.25) is 0 Å². The van der Waals surface area contributed by atoms with Gasteiger partial charge in [0.1, 0.15) is 0 Å². The van der Waals surface area contributed by atoms with Gasteiger partial charge in [0.2, 0.25) is 0 Å².